The second kappa shape index (κ2) is 3.56. The molecule has 0 aromatic rings. The SMILES string of the molecule is CC(C)(C)N=C(N)N.Cl. The summed E-state index contributed by atoms with van der Waals surface area (Å²) in [7, 11) is 0. The summed E-state index contributed by atoms with van der Waals surface area (Å²) in [6.07, 6.45) is 0. The molecule has 0 aliphatic carbocycles. The zero-order chi connectivity index (χ0) is 6.78. The number of nitrogens with zero attached hydrogens (tertiary/aromatic N) is 1. The predicted molar refractivity (Wildman–Crippen MR) is 42.8 cm³/mol. The Kier molecular flexibility index (Phi) is 4.50. The number of hydrogen-bond donors (Lipinski definition) is 2. The van der Waals surface area contributed by atoms with Gasteiger partial charge >= 0.3 is 0 Å². The van der Waals surface area contributed by atoms with Crippen LogP contribution < -0.4 is 11.5 Å². The Labute approximate surface area is 61.9 Å². The first kappa shape index (κ1) is 11.4. The second-order valence-corrected chi connectivity index (χ2v) is 2.71. The molecule has 0 amide bonds. The third-order valence-corrected chi connectivity index (χ3v) is 0.465. The molecule has 0 spiro atoms. The summed E-state index contributed by atoms with van der Waals surface area (Å²) >= 11 is 0. The van der Waals surface area contributed by atoms with E-state index in [-0.39, 0.29) is 23.9 Å². The number of guanidine groups is 1. The molecule has 56 valence electrons. The summed E-state index contributed by atoms with van der Waals surface area (Å²) in [5.41, 5.74) is 10.1. The Morgan fingerprint density at radius 3 is 1.56 bits per heavy atom. The number of hydrogen-bond acceptors (Lipinski definition) is 1. The van der Waals surface area contributed by atoms with Gasteiger partial charge < -0.3 is 11.5 Å². The molecule has 9 heavy (non-hydrogen) atoms. The third kappa shape index (κ3) is 11.2. The number of nitrogens with two attached hydrogens (primary N) is 2. The summed E-state index contributed by atoms with van der Waals surface area (Å²) in [5, 5.41) is 0. The zero-order valence-corrected chi connectivity index (χ0v) is 6.83. The van der Waals surface area contributed by atoms with Crippen LogP contribution in [0.3, 0.4) is 0 Å². The minimum Gasteiger partial charge on any atom is -0.370 e. The Morgan fingerprint density at radius 2 is 1.56 bits per heavy atom. The molecule has 0 aromatic carbocycles. The minimum absolute atomic E-state index is 0. The lowest BCUT2D eigenvalue weighted by Gasteiger charge is -2.10. The molecule has 0 radical (unpaired) electrons. The molecule has 0 aliphatic heterocycles. The lowest BCUT2D eigenvalue weighted by atomic mass is 10.1. The van der Waals surface area contributed by atoms with Gasteiger partial charge in [-0.2, -0.15) is 0 Å². The molecule has 0 saturated heterocycles. The molecule has 0 saturated carbocycles. The Morgan fingerprint density at radius 1 is 1.22 bits per heavy atom. The van der Waals surface area contributed by atoms with Crippen molar-refractivity contribution in [2.75, 3.05) is 0 Å². The quantitative estimate of drug-likeness (QED) is 0.391. The molecular weight excluding hydrogens is 138 g/mol. The molecular formula is C5H14ClN3. The average molecular weight is 152 g/mol. The third-order valence-electron chi connectivity index (χ3n) is 0.465. The van der Waals surface area contributed by atoms with Crippen molar-refractivity contribution in [1.29, 1.82) is 0 Å². The Balaban J connectivity index is 0. The van der Waals surface area contributed by atoms with Crippen molar-refractivity contribution in [1.82, 2.24) is 0 Å². The van der Waals surface area contributed by atoms with Crippen molar-refractivity contribution in [3.63, 3.8) is 0 Å². The summed E-state index contributed by atoms with van der Waals surface area (Å²) in [6, 6.07) is 0. The molecule has 0 unspecified atom stereocenters. The van der Waals surface area contributed by atoms with Crippen molar-refractivity contribution in [3.8, 4) is 0 Å². The smallest absolute Gasteiger partial charge is 0.186 e. The standard InChI is InChI=1S/C5H13N3.ClH/c1-5(2,3)8-4(6)7;/h1-3H3,(H4,6,7,8);1H. The number of aliphatic imine (C=N–C) groups is 1. The Bertz CT molecular complexity index is 99.3. The monoisotopic (exact) mass is 151 g/mol. The van der Waals surface area contributed by atoms with E-state index in [0.29, 0.717) is 0 Å². The molecule has 0 aromatic heterocycles. The van der Waals surface area contributed by atoms with Gasteiger partial charge in [-0.1, -0.05) is 0 Å². The van der Waals surface area contributed by atoms with Crippen molar-refractivity contribution < 1.29 is 0 Å². The van der Waals surface area contributed by atoms with Gasteiger partial charge in [-0.15, -0.1) is 12.4 Å². The van der Waals surface area contributed by atoms with Crippen molar-refractivity contribution >= 4 is 18.4 Å². The predicted octanol–water partition coefficient (Wildman–Crippen LogP) is 0.480. The highest BCUT2D eigenvalue weighted by atomic mass is 35.5. The molecule has 0 rings (SSSR count). The second-order valence-electron chi connectivity index (χ2n) is 2.71. The van der Waals surface area contributed by atoms with E-state index in [0.717, 1.165) is 0 Å². The first-order valence-electron chi connectivity index (χ1n) is 2.52. The first-order chi connectivity index (χ1) is 3.42. The topological polar surface area (TPSA) is 64.4 Å². The molecule has 0 heterocycles. The summed E-state index contributed by atoms with van der Waals surface area (Å²) in [6.45, 7) is 5.81. The van der Waals surface area contributed by atoms with Crippen LogP contribution >= 0.6 is 12.4 Å². The van der Waals surface area contributed by atoms with Gasteiger partial charge in [0.25, 0.3) is 0 Å². The van der Waals surface area contributed by atoms with E-state index in [1.165, 1.54) is 0 Å². The Hall–Kier alpha value is -0.440. The number of rotatable bonds is 0. The fourth-order valence-electron chi connectivity index (χ4n) is 0.387. The van der Waals surface area contributed by atoms with Crippen molar-refractivity contribution in [2.45, 2.75) is 26.3 Å². The van der Waals surface area contributed by atoms with Gasteiger partial charge in [0.05, 0.1) is 5.54 Å². The lowest BCUT2D eigenvalue weighted by Crippen LogP contribution is -2.27. The maximum absolute atomic E-state index is 5.11. The first-order valence-corrected chi connectivity index (χ1v) is 2.52. The van der Waals surface area contributed by atoms with Crippen LogP contribution in [0, 0.1) is 0 Å². The van der Waals surface area contributed by atoms with E-state index in [4.69, 9.17) is 11.5 Å². The minimum atomic E-state index is -0.140. The maximum atomic E-state index is 5.11. The van der Waals surface area contributed by atoms with Crippen LogP contribution in [-0.2, 0) is 0 Å². The van der Waals surface area contributed by atoms with E-state index < -0.39 is 0 Å². The highest BCUT2D eigenvalue weighted by Crippen LogP contribution is 2.03. The van der Waals surface area contributed by atoms with Crippen LogP contribution in [0.25, 0.3) is 0 Å². The van der Waals surface area contributed by atoms with Crippen LogP contribution in [0.1, 0.15) is 20.8 Å². The summed E-state index contributed by atoms with van der Waals surface area (Å²) < 4.78 is 0. The lowest BCUT2D eigenvalue weighted by molar-refractivity contribution is 0.582. The van der Waals surface area contributed by atoms with Gasteiger partial charge in [-0.3, -0.25) is 0 Å². The largest absolute Gasteiger partial charge is 0.370 e. The maximum Gasteiger partial charge on any atom is 0.186 e. The fourth-order valence-corrected chi connectivity index (χ4v) is 0.387. The van der Waals surface area contributed by atoms with Crippen molar-refractivity contribution in [3.05, 3.63) is 0 Å². The molecule has 0 fully saturated rings. The molecule has 4 heteroatoms. The summed E-state index contributed by atoms with van der Waals surface area (Å²) in [5.74, 6) is 0.150. The van der Waals surface area contributed by atoms with Crippen LogP contribution in [0.5, 0.6) is 0 Å². The van der Waals surface area contributed by atoms with Crippen molar-refractivity contribution in [2.24, 2.45) is 16.5 Å². The van der Waals surface area contributed by atoms with E-state index in [9.17, 15) is 0 Å². The van der Waals surface area contributed by atoms with E-state index in [2.05, 4.69) is 4.99 Å². The molecule has 0 atom stereocenters. The van der Waals surface area contributed by atoms with Crippen LogP contribution in [0.15, 0.2) is 4.99 Å². The molecule has 0 bridgehead atoms. The highest BCUT2D eigenvalue weighted by molar-refractivity contribution is 5.85. The van der Waals surface area contributed by atoms with Crippen LogP contribution in [-0.4, -0.2) is 11.5 Å². The number of halogens is 1. The van der Waals surface area contributed by atoms with E-state index in [1.807, 2.05) is 20.8 Å². The summed E-state index contributed by atoms with van der Waals surface area (Å²) in [4.78, 5) is 3.88. The molecule has 0 aliphatic rings. The van der Waals surface area contributed by atoms with Crippen LogP contribution in [0.2, 0.25) is 0 Å². The van der Waals surface area contributed by atoms with E-state index >= 15 is 0 Å². The fraction of sp³-hybridized carbons (Fsp3) is 0.800. The molecule has 3 nitrogen and oxygen atoms in total. The highest BCUT2D eigenvalue weighted by Gasteiger charge is 2.05. The van der Waals surface area contributed by atoms with Crippen LogP contribution in [0.4, 0.5) is 0 Å². The van der Waals surface area contributed by atoms with Gasteiger partial charge in [0, 0.05) is 0 Å². The van der Waals surface area contributed by atoms with Gasteiger partial charge in [-0.25, -0.2) is 4.99 Å². The average Bonchev–Trinajstić information content (AvgIpc) is 1.21. The normalized spacial score (nSPS) is 9.67. The van der Waals surface area contributed by atoms with Gasteiger partial charge in [0.1, 0.15) is 0 Å². The van der Waals surface area contributed by atoms with E-state index in [1.54, 1.807) is 0 Å². The van der Waals surface area contributed by atoms with Gasteiger partial charge in [-0.05, 0) is 20.8 Å². The zero-order valence-electron chi connectivity index (χ0n) is 6.01. The van der Waals surface area contributed by atoms with Gasteiger partial charge in [0.15, 0.2) is 5.96 Å². The van der Waals surface area contributed by atoms with Gasteiger partial charge in [0.2, 0.25) is 0 Å². The molecule has 4 N–H and O–H groups in total.